The summed E-state index contributed by atoms with van der Waals surface area (Å²) < 4.78 is 0. The van der Waals surface area contributed by atoms with Crippen LogP contribution in [0.1, 0.15) is 42.2 Å². The summed E-state index contributed by atoms with van der Waals surface area (Å²) >= 11 is 12.6. The predicted octanol–water partition coefficient (Wildman–Crippen LogP) is 6.61. The average Bonchev–Trinajstić information content (AvgIpc) is 3.52. The lowest BCUT2D eigenvalue weighted by Gasteiger charge is -2.20. The Morgan fingerprint density at radius 3 is 1.46 bits per heavy atom. The van der Waals surface area contributed by atoms with Gasteiger partial charge in [-0.3, -0.25) is 9.59 Å². The van der Waals surface area contributed by atoms with Gasteiger partial charge in [-0.1, -0.05) is 48.5 Å². The number of phenols is 2. The van der Waals surface area contributed by atoms with Gasteiger partial charge in [-0.15, -0.1) is 23.2 Å². The molecule has 0 radical (unpaired) electrons. The number of hydrogen-bond acceptors (Lipinski definition) is 4. The summed E-state index contributed by atoms with van der Waals surface area (Å²) in [6.07, 6.45) is 0.762. The lowest BCUT2D eigenvalue weighted by atomic mass is 9.95. The van der Waals surface area contributed by atoms with Crippen molar-refractivity contribution in [1.29, 1.82) is 0 Å². The van der Waals surface area contributed by atoms with Crippen molar-refractivity contribution >= 4 is 67.9 Å². The van der Waals surface area contributed by atoms with Crippen LogP contribution in [0.5, 0.6) is 11.5 Å². The fourth-order valence-corrected chi connectivity index (χ4v) is 6.74. The summed E-state index contributed by atoms with van der Waals surface area (Å²) in [5.74, 6) is 0.715. The van der Waals surface area contributed by atoms with Gasteiger partial charge in [0.25, 0.3) is 0 Å². The molecule has 0 saturated carbocycles. The summed E-state index contributed by atoms with van der Waals surface area (Å²) in [4.78, 5) is 30.1. The third-order valence-electron chi connectivity index (χ3n) is 8.05. The van der Waals surface area contributed by atoms with Crippen molar-refractivity contribution in [1.82, 2.24) is 0 Å². The Bertz CT molecular complexity index is 1500. The molecule has 200 valence electrons. The van der Waals surface area contributed by atoms with E-state index >= 15 is 0 Å². The quantitative estimate of drug-likeness (QED) is 0.259. The molecule has 0 saturated heterocycles. The first-order valence-corrected chi connectivity index (χ1v) is 14.2. The molecule has 2 aliphatic heterocycles. The lowest BCUT2D eigenvalue weighted by Crippen LogP contribution is -2.32. The van der Waals surface area contributed by atoms with Crippen LogP contribution in [0.4, 0.5) is 11.4 Å². The van der Waals surface area contributed by atoms with Crippen molar-refractivity contribution in [2.24, 2.45) is 0 Å². The molecule has 2 heterocycles. The summed E-state index contributed by atoms with van der Waals surface area (Å²) in [5, 5.41) is 24.5. The van der Waals surface area contributed by atoms with Gasteiger partial charge in [-0.25, -0.2) is 0 Å². The van der Waals surface area contributed by atoms with E-state index in [1.165, 1.54) is 0 Å². The van der Waals surface area contributed by atoms with Gasteiger partial charge in [0.15, 0.2) is 0 Å². The Morgan fingerprint density at radius 2 is 1.08 bits per heavy atom. The Morgan fingerprint density at radius 1 is 0.692 bits per heavy atom. The summed E-state index contributed by atoms with van der Waals surface area (Å²) in [7, 11) is 0. The van der Waals surface area contributed by atoms with Gasteiger partial charge in [-0.2, -0.15) is 0 Å². The van der Waals surface area contributed by atoms with E-state index in [4.69, 9.17) is 23.2 Å². The van der Waals surface area contributed by atoms with E-state index in [0.29, 0.717) is 42.6 Å². The van der Waals surface area contributed by atoms with Crippen LogP contribution in [0.25, 0.3) is 21.5 Å². The number of nitrogens with zero attached hydrogens (tertiary/aromatic N) is 2. The van der Waals surface area contributed by atoms with Crippen molar-refractivity contribution in [3.63, 3.8) is 0 Å². The van der Waals surface area contributed by atoms with Crippen LogP contribution in [0.2, 0.25) is 0 Å². The third-order valence-corrected chi connectivity index (χ3v) is 8.79. The highest BCUT2D eigenvalue weighted by Gasteiger charge is 2.36. The number of halogens is 2. The van der Waals surface area contributed by atoms with E-state index in [1.54, 1.807) is 21.9 Å². The number of fused-ring (bicyclic) bond motifs is 6. The zero-order valence-electron chi connectivity index (χ0n) is 21.2. The number of benzene rings is 4. The highest BCUT2D eigenvalue weighted by atomic mass is 35.5. The Balaban J connectivity index is 1.19. The first-order valence-electron chi connectivity index (χ1n) is 13.1. The molecule has 0 spiro atoms. The summed E-state index contributed by atoms with van der Waals surface area (Å²) in [6, 6.07) is 18.5. The van der Waals surface area contributed by atoms with Crippen LogP contribution in [0, 0.1) is 0 Å². The van der Waals surface area contributed by atoms with E-state index < -0.39 is 0 Å². The number of carbonyl (C=O) groups is 2. The maximum atomic E-state index is 13.3. The molecule has 6 nitrogen and oxygen atoms in total. The lowest BCUT2D eigenvalue weighted by molar-refractivity contribution is -0.119. The standard InChI is InChI=1S/C31H28Cl2N2O4/c32-14-18-16-34(24-12-26(36)20-6-1-3-8-22(20)30(18)24)28(38)10-5-11-29(39)35-17-19(15-33)31-23-9-4-2-7-21(23)27(37)13-25(31)35/h1-4,6-9,12-13,18-19,36-37H,5,10-11,14-17H2/t18-,19?/m1/s1. The van der Waals surface area contributed by atoms with Gasteiger partial charge in [0.1, 0.15) is 11.5 Å². The zero-order chi connectivity index (χ0) is 27.3. The monoisotopic (exact) mass is 562 g/mol. The largest absolute Gasteiger partial charge is 0.507 e. The second-order valence-corrected chi connectivity index (χ2v) is 10.9. The Hall–Kier alpha value is -3.48. The minimum Gasteiger partial charge on any atom is -0.507 e. The van der Waals surface area contributed by atoms with E-state index in [9.17, 15) is 19.8 Å². The highest BCUT2D eigenvalue weighted by Crippen LogP contribution is 2.47. The van der Waals surface area contributed by atoms with Crippen LogP contribution >= 0.6 is 23.2 Å². The smallest absolute Gasteiger partial charge is 0.227 e. The minimum absolute atomic E-state index is 0.0335. The fourth-order valence-electron chi connectivity index (χ4n) is 6.24. The van der Waals surface area contributed by atoms with Crippen LogP contribution in [0.3, 0.4) is 0 Å². The van der Waals surface area contributed by atoms with Gasteiger partial charge in [0, 0.05) is 72.4 Å². The normalized spacial score (nSPS) is 18.1. The van der Waals surface area contributed by atoms with Gasteiger partial charge >= 0.3 is 0 Å². The van der Waals surface area contributed by atoms with Crippen molar-refractivity contribution in [2.45, 2.75) is 31.1 Å². The molecular weight excluding hydrogens is 535 g/mol. The Kier molecular flexibility index (Phi) is 6.77. The molecule has 0 fully saturated rings. The first kappa shape index (κ1) is 25.8. The van der Waals surface area contributed by atoms with E-state index in [-0.39, 0.29) is 48.0 Å². The Labute approximate surface area is 236 Å². The van der Waals surface area contributed by atoms with E-state index in [0.717, 1.165) is 32.7 Å². The summed E-state index contributed by atoms with van der Waals surface area (Å²) in [5.41, 5.74) is 3.34. The molecule has 4 aromatic rings. The molecule has 6 rings (SSSR count). The van der Waals surface area contributed by atoms with Crippen molar-refractivity contribution in [3.05, 3.63) is 71.8 Å². The average molecular weight is 563 g/mol. The molecule has 2 N–H and O–H groups in total. The topological polar surface area (TPSA) is 81.1 Å². The maximum Gasteiger partial charge on any atom is 0.227 e. The van der Waals surface area contributed by atoms with Gasteiger partial charge < -0.3 is 20.0 Å². The van der Waals surface area contributed by atoms with Crippen molar-refractivity contribution < 1.29 is 19.8 Å². The molecule has 8 heteroatoms. The molecule has 4 aromatic carbocycles. The molecule has 0 bridgehead atoms. The number of phenolic OH excluding ortho intramolecular Hbond substituents is 2. The number of rotatable bonds is 6. The van der Waals surface area contributed by atoms with E-state index in [1.807, 2.05) is 48.5 Å². The van der Waals surface area contributed by atoms with Gasteiger partial charge in [0.05, 0.1) is 11.4 Å². The number of anilines is 2. The number of alkyl halides is 2. The second kappa shape index (κ2) is 10.2. The molecular formula is C31H28Cl2N2O4. The van der Waals surface area contributed by atoms with E-state index in [2.05, 4.69) is 0 Å². The molecule has 1 unspecified atom stereocenters. The molecule has 39 heavy (non-hydrogen) atoms. The van der Waals surface area contributed by atoms with Crippen molar-refractivity contribution in [2.75, 3.05) is 34.6 Å². The van der Waals surface area contributed by atoms with Crippen LogP contribution in [0.15, 0.2) is 60.7 Å². The molecule has 2 atom stereocenters. The number of amides is 2. The second-order valence-electron chi connectivity index (χ2n) is 10.3. The number of aromatic hydroxyl groups is 2. The summed E-state index contributed by atoms with van der Waals surface area (Å²) in [6.45, 7) is 0.893. The van der Waals surface area contributed by atoms with Crippen LogP contribution in [-0.2, 0) is 9.59 Å². The molecule has 0 aromatic heterocycles. The van der Waals surface area contributed by atoms with Gasteiger partial charge in [0.2, 0.25) is 11.8 Å². The van der Waals surface area contributed by atoms with Crippen molar-refractivity contribution in [3.8, 4) is 11.5 Å². The predicted molar refractivity (Wildman–Crippen MR) is 157 cm³/mol. The third kappa shape index (κ3) is 4.26. The number of carbonyl (C=O) groups excluding carboxylic acids is 2. The number of hydrogen-bond donors (Lipinski definition) is 2. The minimum atomic E-state index is -0.101. The molecule has 0 aliphatic carbocycles. The SMILES string of the molecule is O=C(CCCC(=O)N1C[C@@H](CCl)c2c1cc(O)c1ccccc21)N1CC(CCl)c2c1cc(O)c1ccccc21. The highest BCUT2D eigenvalue weighted by molar-refractivity contribution is 6.19. The first-order chi connectivity index (χ1) is 18.9. The zero-order valence-corrected chi connectivity index (χ0v) is 22.8. The molecule has 2 aliphatic rings. The van der Waals surface area contributed by atoms with Crippen LogP contribution < -0.4 is 9.80 Å². The molecule has 2 amide bonds. The fraction of sp³-hybridized carbons (Fsp3) is 0.290. The van der Waals surface area contributed by atoms with Crippen LogP contribution in [-0.4, -0.2) is 46.9 Å². The maximum absolute atomic E-state index is 13.3. The van der Waals surface area contributed by atoms with Gasteiger partial charge in [-0.05, 0) is 28.3 Å².